The monoisotopic (exact) mass is 394 g/mol. The van der Waals surface area contributed by atoms with Crippen molar-refractivity contribution < 1.29 is 16.8 Å². The fraction of sp³-hybridized carbons (Fsp3) is 0.333. The lowest BCUT2D eigenvalue weighted by Gasteiger charge is -2.28. The molecule has 0 saturated carbocycles. The van der Waals surface area contributed by atoms with Crippen molar-refractivity contribution in [3.8, 4) is 0 Å². The second kappa shape index (κ2) is 7.02. The summed E-state index contributed by atoms with van der Waals surface area (Å²) < 4.78 is 53.3. The number of sulfonamides is 2. The van der Waals surface area contributed by atoms with E-state index in [-0.39, 0.29) is 17.2 Å². The van der Waals surface area contributed by atoms with Gasteiger partial charge in [0.15, 0.2) is 0 Å². The number of fused-ring (bicyclic) bond motifs is 1. The molecular formula is C18H22N2O4S2. The molecule has 0 fully saturated rings. The molecule has 0 bridgehead atoms. The Labute approximate surface area is 155 Å². The summed E-state index contributed by atoms with van der Waals surface area (Å²) in [5, 5.41) is 0. The number of aryl methyl sites for hydroxylation is 1. The van der Waals surface area contributed by atoms with Crippen molar-refractivity contribution in [3.63, 3.8) is 0 Å². The number of hydrogen-bond acceptors (Lipinski definition) is 4. The molecule has 1 heterocycles. The fourth-order valence-corrected chi connectivity index (χ4v) is 5.07. The van der Waals surface area contributed by atoms with Gasteiger partial charge in [-0.3, -0.25) is 4.72 Å². The summed E-state index contributed by atoms with van der Waals surface area (Å²) in [4.78, 5) is 0.191. The lowest BCUT2D eigenvalue weighted by atomic mass is 10.0. The van der Waals surface area contributed by atoms with Crippen molar-refractivity contribution in [1.29, 1.82) is 0 Å². The normalized spacial score (nSPS) is 15.5. The van der Waals surface area contributed by atoms with Gasteiger partial charge in [0, 0.05) is 18.8 Å². The van der Waals surface area contributed by atoms with E-state index in [2.05, 4.69) is 4.72 Å². The Morgan fingerprint density at radius 1 is 1.00 bits per heavy atom. The van der Waals surface area contributed by atoms with E-state index in [0.29, 0.717) is 18.7 Å². The van der Waals surface area contributed by atoms with Crippen LogP contribution in [0, 0.1) is 6.92 Å². The van der Waals surface area contributed by atoms with Gasteiger partial charge in [0.1, 0.15) is 0 Å². The Morgan fingerprint density at radius 3 is 2.35 bits per heavy atom. The minimum atomic E-state index is -3.69. The Morgan fingerprint density at radius 2 is 1.69 bits per heavy atom. The summed E-state index contributed by atoms with van der Waals surface area (Å²) in [7, 11) is -6.95. The quantitative estimate of drug-likeness (QED) is 0.845. The average molecular weight is 395 g/mol. The highest BCUT2D eigenvalue weighted by atomic mass is 32.2. The molecule has 3 rings (SSSR count). The first-order valence-corrected chi connectivity index (χ1v) is 11.5. The molecule has 0 spiro atoms. The van der Waals surface area contributed by atoms with E-state index in [1.54, 1.807) is 43.3 Å². The van der Waals surface area contributed by atoms with Gasteiger partial charge < -0.3 is 0 Å². The van der Waals surface area contributed by atoms with E-state index < -0.39 is 20.0 Å². The molecule has 2 aromatic rings. The summed E-state index contributed by atoms with van der Waals surface area (Å²) in [5.74, 6) is 0.0576. The average Bonchev–Trinajstić information content (AvgIpc) is 2.61. The molecule has 140 valence electrons. The molecule has 0 unspecified atom stereocenters. The van der Waals surface area contributed by atoms with Gasteiger partial charge in [0.25, 0.3) is 10.0 Å². The van der Waals surface area contributed by atoms with Crippen LogP contribution in [0.2, 0.25) is 0 Å². The number of hydrogen-bond donors (Lipinski definition) is 1. The van der Waals surface area contributed by atoms with Gasteiger partial charge in [-0.15, -0.1) is 0 Å². The van der Waals surface area contributed by atoms with Crippen LogP contribution in [0.3, 0.4) is 0 Å². The van der Waals surface area contributed by atoms with Crippen molar-refractivity contribution in [1.82, 2.24) is 4.31 Å². The molecule has 0 atom stereocenters. The molecule has 1 aliphatic rings. The van der Waals surface area contributed by atoms with E-state index >= 15 is 0 Å². The number of rotatable bonds is 5. The van der Waals surface area contributed by atoms with Gasteiger partial charge >= 0.3 is 0 Å². The highest BCUT2D eigenvalue weighted by molar-refractivity contribution is 7.92. The molecule has 0 saturated heterocycles. The van der Waals surface area contributed by atoms with Gasteiger partial charge in [-0.2, -0.15) is 4.31 Å². The maximum absolute atomic E-state index is 12.5. The van der Waals surface area contributed by atoms with E-state index in [4.69, 9.17) is 0 Å². The third-order valence-electron chi connectivity index (χ3n) is 4.53. The Bertz CT molecular complexity index is 1010. The summed E-state index contributed by atoms with van der Waals surface area (Å²) in [6.07, 6.45) is 0.625. The highest BCUT2D eigenvalue weighted by Gasteiger charge is 2.25. The fourth-order valence-electron chi connectivity index (χ4n) is 2.95. The molecule has 0 radical (unpaired) electrons. The van der Waals surface area contributed by atoms with Crippen LogP contribution in [0.25, 0.3) is 0 Å². The standard InChI is InChI=1S/C18H22N2O4S2/c1-3-25(21,22)20-11-10-15-6-7-17(12-16(15)13-20)19-26(23,24)18-8-4-14(2)5-9-18/h4-9,12,19H,3,10-11,13H2,1-2H3. The van der Waals surface area contributed by atoms with Gasteiger partial charge in [-0.05, 0) is 55.7 Å². The van der Waals surface area contributed by atoms with E-state index in [1.165, 1.54) is 4.31 Å². The van der Waals surface area contributed by atoms with Gasteiger partial charge in [0.05, 0.1) is 10.6 Å². The molecule has 2 aromatic carbocycles. The van der Waals surface area contributed by atoms with Crippen LogP contribution in [0.15, 0.2) is 47.4 Å². The van der Waals surface area contributed by atoms with Gasteiger partial charge in [-0.1, -0.05) is 23.8 Å². The number of anilines is 1. The SMILES string of the molecule is CCS(=O)(=O)N1CCc2ccc(NS(=O)(=O)c3ccc(C)cc3)cc2C1. The topological polar surface area (TPSA) is 83.6 Å². The van der Waals surface area contributed by atoms with Crippen molar-refractivity contribution in [2.75, 3.05) is 17.0 Å². The lowest BCUT2D eigenvalue weighted by molar-refractivity contribution is 0.392. The molecule has 8 heteroatoms. The van der Waals surface area contributed by atoms with Crippen LogP contribution in [0.5, 0.6) is 0 Å². The molecule has 1 N–H and O–H groups in total. The minimum absolute atomic E-state index is 0.0576. The first kappa shape index (κ1) is 18.9. The van der Waals surface area contributed by atoms with Crippen LogP contribution in [-0.4, -0.2) is 33.4 Å². The molecule has 6 nitrogen and oxygen atoms in total. The van der Waals surface area contributed by atoms with Crippen molar-refractivity contribution in [3.05, 3.63) is 59.2 Å². The Hall–Kier alpha value is -1.90. The summed E-state index contributed by atoms with van der Waals surface area (Å²) >= 11 is 0. The predicted molar refractivity (Wildman–Crippen MR) is 102 cm³/mol. The number of nitrogens with one attached hydrogen (secondary N) is 1. The molecule has 0 amide bonds. The van der Waals surface area contributed by atoms with E-state index in [9.17, 15) is 16.8 Å². The van der Waals surface area contributed by atoms with Crippen molar-refractivity contribution >= 4 is 25.7 Å². The zero-order chi connectivity index (χ0) is 18.9. The van der Waals surface area contributed by atoms with Gasteiger partial charge in [-0.25, -0.2) is 16.8 Å². The van der Waals surface area contributed by atoms with Crippen LogP contribution < -0.4 is 4.72 Å². The number of benzene rings is 2. The van der Waals surface area contributed by atoms with Crippen molar-refractivity contribution in [2.24, 2.45) is 0 Å². The molecule has 0 aromatic heterocycles. The zero-order valence-electron chi connectivity index (χ0n) is 14.8. The summed E-state index contributed by atoms with van der Waals surface area (Å²) in [6, 6.07) is 11.9. The maximum atomic E-state index is 12.5. The van der Waals surface area contributed by atoms with Crippen LogP contribution in [0.1, 0.15) is 23.6 Å². The Kier molecular flexibility index (Phi) is 5.09. The first-order valence-electron chi connectivity index (χ1n) is 8.40. The third kappa shape index (κ3) is 3.92. The van der Waals surface area contributed by atoms with Crippen LogP contribution >= 0.6 is 0 Å². The second-order valence-electron chi connectivity index (χ2n) is 6.39. The van der Waals surface area contributed by atoms with E-state index in [1.807, 2.05) is 13.0 Å². The smallest absolute Gasteiger partial charge is 0.261 e. The molecule has 26 heavy (non-hydrogen) atoms. The van der Waals surface area contributed by atoms with Crippen LogP contribution in [0.4, 0.5) is 5.69 Å². The van der Waals surface area contributed by atoms with Crippen molar-refractivity contribution in [2.45, 2.75) is 31.7 Å². The summed E-state index contributed by atoms with van der Waals surface area (Å²) in [5.41, 5.74) is 3.29. The van der Waals surface area contributed by atoms with E-state index in [0.717, 1.165) is 16.7 Å². The predicted octanol–water partition coefficient (Wildman–Crippen LogP) is 2.50. The molecule has 1 aliphatic heterocycles. The third-order valence-corrected chi connectivity index (χ3v) is 7.75. The Balaban J connectivity index is 1.85. The second-order valence-corrected chi connectivity index (χ2v) is 10.3. The molecular weight excluding hydrogens is 372 g/mol. The maximum Gasteiger partial charge on any atom is 0.261 e. The summed E-state index contributed by atoms with van der Waals surface area (Å²) in [6.45, 7) is 4.24. The molecule has 0 aliphatic carbocycles. The van der Waals surface area contributed by atoms with Gasteiger partial charge in [0.2, 0.25) is 10.0 Å². The first-order chi connectivity index (χ1) is 12.2. The van der Waals surface area contributed by atoms with Crippen LogP contribution in [-0.2, 0) is 33.0 Å². The largest absolute Gasteiger partial charge is 0.280 e. The number of nitrogens with zero attached hydrogens (tertiary/aromatic N) is 1. The highest BCUT2D eigenvalue weighted by Crippen LogP contribution is 2.26. The lowest BCUT2D eigenvalue weighted by Crippen LogP contribution is -2.36. The minimum Gasteiger partial charge on any atom is -0.280 e. The zero-order valence-corrected chi connectivity index (χ0v) is 16.4.